The summed E-state index contributed by atoms with van der Waals surface area (Å²) in [6.07, 6.45) is 6.78. The molecule has 0 aliphatic heterocycles. The Balaban J connectivity index is 0.00000180. The van der Waals surface area contributed by atoms with Crippen LogP contribution in [-0.2, 0) is 9.59 Å². The molecule has 0 saturated heterocycles. The lowest BCUT2D eigenvalue weighted by Crippen LogP contribution is -2.55. The predicted octanol–water partition coefficient (Wildman–Crippen LogP) is 0.712. The number of nitrogens with two attached hydrogens (primary N) is 1. The highest BCUT2D eigenvalue weighted by atomic mass is 35.5. The molecule has 6 heteroatoms. The molecule has 19 heavy (non-hydrogen) atoms. The molecule has 2 fully saturated rings. The van der Waals surface area contributed by atoms with Gasteiger partial charge in [-0.1, -0.05) is 19.3 Å². The van der Waals surface area contributed by atoms with Crippen LogP contribution in [0.5, 0.6) is 0 Å². The number of hydrogen-bond acceptors (Lipinski definition) is 3. The van der Waals surface area contributed by atoms with Crippen LogP contribution < -0.4 is 16.4 Å². The number of amides is 2. The average Bonchev–Trinajstić information content (AvgIpc) is 3.19. The van der Waals surface area contributed by atoms with Crippen molar-refractivity contribution in [2.45, 2.75) is 50.5 Å². The third kappa shape index (κ3) is 4.66. The van der Waals surface area contributed by atoms with Gasteiger partial charge >= 0.3 is 0 Å². The molecule has 2 aliphatic rings. The van der Waals surface area contributed by atoms with Gasteiger partial charge in [0.05, 0.1) is 5.54 Å². The maximum Gasteiger partial charge on any atom is 0.240 e. The van der Waals surface area contributed by atoms with E-state index >= 15 is 0 Å². The summed E-state index contributed by atoms with van der Waals surface area (Å²) in [5.74, 6) is 0.271. The molecule has 0 aromatic rings. The van der Waals surface area contributed by atoms with E-state index in [0.29, 0.717) is 13.1 Å². The SMILES string of the molecule is Cl.NC1(C(=O)NCCNC(=O)C2CC2)CCCCC1. The highest BCUT2D eigenvalue weighted by Crippen LogP contribution is 2.28. The van der Waals surface area contributed by atoms with E-state index in [4.69, 9.17) is 5.73 Å². The molecule has 0 aromatic heterocycles. The summed E-state index contributed by atoms with van der Waals surface area (Å²) >= 11 is 0. The Hall–Kier alpha value is -0.810. The van der Waals surface area contributed by atoms with Crippen LogP contribution in [0, 0.1) is 5.92 Å². The van der Waals surface area contributed by atoms with Crippen molar-refractivity contribution in [2.24, 2.45) is 11.7 Å². The molecule has 0 bridgehead atoms. The van der Waals surface area contributed by atoms with Crippen LogP contribution in [0.2, 0.25) is 0 Å². The Labute approximate surface area is 120 Å². The van der Waals surface area contributed by atoms with Gasteiger partial charge in [-0.05, 0) is 25.7 Å². The summed E-state index contributed by atoms with van der Waals surface area (Å²) in [4.78, 5) is 23.3. The molecule has 2 amide bonds. The summed E-state index contributed by atoms with van der Waals surface area (Å²) in [7, 11) is 0. The number of carbonyl (C=O) groups is 2. The standard InChI is InChI=1S/C13H23N3O2.ClH/c14-13(6-2-1-3-7-13)12(18)16-9-8-15-11(17)10-4-5-10;/h10H,1-9,14H2,(H,15,17)(H,16,18);1H. The first kappa shape index (κ1) is 16.2. The zero-order valence-electron chi connectivity index (χ0n) is 11.2. The van der Waals surface area contributed by atoms with E-state index in [1.54, 1.807) is 0 Å². The zero-order valence-corrected chi connectivity index (χ0v) is 12.1. The van der Waals surface area contributed by atoms with Crippen molar-refractivity contribution in [1.82, 2.24) is 10.6 Å². The molecule has 2 aliphatic carbocycles. The smallest absolute Gasteiger partial charge is 0.240 e. The van der Waals surface area contributed by atoms with E-state index in [1.165, 1.54) is 6.42 Å². The molecule has 0 radical (unpaired) electrons. The summed E-state index contributed by atoms with van der Waals surface area (Å²) in [5.41, 5.74) is 5.42. The summed E-state index contributed by atoms with van der Waals surface area (Å²) in [5, 5.41) is 5.65. The van der Waals surface area contributed by atoms with E-state index < -0.39 is 5.54 Å². The molecule has 0 atom stereocenters. The molecule has 2 rings (SSSR count). The number of hydrogen-bond donors (Lipinski definition) is 3. The highest BCUT2D eigenvalue weighted by Gasteiger charge is 2.35. The Morgan fingerprint density at radius 3 is 2.21 bits per heavy atom. The second-order valence-corrected chi connectivity index (χ2v) is 5.54. The third-order valence-electron chi connectivity index (χ3n) is 3.86. The molecule has 0 heterocycles. The lowest BCUT2D eigenvalue weighted by atomic mass is 9.82. The van der Waals surface area contributed by atoms with Crippen molar-refractivity contribution in [1.29, 1.82) is 0 Å². The number of halogens is 1. The van der Waals surface area contributed by atoms with Crippen LogP contribution >= 0.6 is 12.4 Å². The Morgan fingerprint density at radius 1 is 1.05 bits per heavy atom. The zero-order chi connectivity index (χ0) is 13.0. The van der Waals surface area contributed by atoms with Crippen molar-refractivity contribution >= 4 is 24.2 Å². The topological polar surface area (TPSA) is 84.2 Å². The van der Waals surface area contributed by atoms with Crippen LogP contribution in [0.4, 0.5) is 0 Å². The van der Waals surface area contributed by atoms with Gasteiger partial charge in [-0.15, -0.1) is 12.4 Å². The minimum atomic E-state index is -0.682. The van der Waals surface area contributed by atoms with Crippen molar-refractivity contribution in [2.75, 3.05) is 13.1 Å². The molecular weight excluding hydrogens is 266 g/mol. The summed E-state index contributed by atoms with van der Waals surface area (Å²) in [6.45, 7) is 0.966. The maximum absolute atomic E-state index is 12.0. The van der Waals surface area contributed by atoms with Gasteiger partial charge in [0.1, 0.15) is 0 Å². The molecule has 110 valence electrons. The maximum atomic E-state index is 12.0. The fourth-order valence-electron chi connectivity index (χ4n) is 2.44. The van der Waals surface area contributed by atoms with Crippen LogP contribution in [0.1, 0.15) is 44.9 Å². The van der Waals surface area contributed by atoms with Gasteiger partial charge < -0.3 is 16.4 Å². The fourth-order valence-corrected chi connectivity index (χ4v) is 2.44. The first-order chi connectivity index (χ1) is 8.62. The molecule has 0 spiro atoms. The molecule has 5 nitrogen and oxygen atoms in total. The monoisotopic (exact) mass is 289 g/mol. The van der Waals surface area contributed by atoms with Crippen LogP contribution in [0.25, 0.3) is 0 Å². The van der Waals surface area contributed by atoms with Crippen molar-refractivity contribution in [3.05, 3.63) is 0 Å². The highest BCUT2D eigenvalue weighted by molar-refractivity contribution is 5.86. The van der Waals surface area contributed by atoms with E-state index in [0.717, 1.165) is 38.5 Å². The molecule has 4 N–H and O–H groups in total. The lowest BCUT2D eigenvalue weighted by molar-refractivity contribution is -0.128. The number of carbonyl (C=O) groups excluding carboxylic acids is 2. The lowest BCUT2D eigenvalue weighted by Gasteiger charge is -2.31. The van der Waals surface area contributed by atoms with Crippen molar-refractivity contribution in [3.8, 4) is 0 Å². The van der Waals surface area contributed by atoms with Crippen LogP contribution in [-0.4, -0.2) is 30.4 Å². The minimum Gasteiger partial charge on any atom is -0.354 e. The van der Waals surface area contributed by atoms with E-state index in [1.807, 2.05) is 0 Å². The Bertz CT molecular complexity index is 326. The predicted molar refractivity (Wildman–Crippen MR) is 76.0 cm³/mol. The van der Waals surface area contributed by atoms with Gasteiger partial charge in [-0.2, -0.15) is 0 Å². The van der Waals surface area contributed by atoms with Crippen molar-refractivity contribution < 1.29 is 9.59 Å². The number of nitrogens with one attached hydrogen (secondary N) is 2. The van der Waals surface area contributed by atoms with Gasteiger partial charge in [0.25, 0.3) is 0 Å². The Morgan fingerprint density at radius 2 is 1.63 bits per heavy atom. The van der Waals surface area contributed by atoms with Gasteiger partial charge in [0, 0.05) is 19.0 Å². The average molecular weight is 290 g/mol. The van der Waals surface area contributed by atoms with E-state index in [2.05, 4.69) is 10.6 Å². The van der Waals surface area contributed by atoms with E-state index in [9.17, 15) is 9.59 Å². The second kappa shape index (κ2) is 7.10. The molecular formula is C13H24ClN3O2. The van der Waals surface area contributed by atoms with Gasteiger partial charge in [-0.25, -0.2) is 0 Å². The molecule has 0 unspecified atom stereocenters. The van der Waals surface area contributed by atoms with Gasteiger partial charge in [0.2, 0.25) is 11.8 Å². The largest absolute Gasteiger partial charge is 0.354 e. The van der Waals surface area contributed by atoms with Gasteiger partial charge in [-0.3, -0.25) is 9.59 Å². The first-order valence-electron chi connectivity index (χ1n) is 6.97. The van der Waals surface area contributed by atoms with Crippen LogP contribution in [0.15, 0.2) is 0 Å². The number of rotatable bonds is 5. The normalized spacial score (nSPS) is 21.1. The molecule has 0 aromatic carbocycles. The Kier molecular flexibility index (Phi) is 6.07. The summed E-state index contributed by atoms with van der Waals surface area (Å²) < 4.78 is 0. The fraction of sp³-hybridized carbons (Fsp3) is 0.846. The quantitative estimate of drug-likeness (QED) is 0.652. The summed E-state index contributed by atoms with van der Waals surface area (Å²) in [6, 6.07) is 0. The first-order valence-corrected chi connectivity index (χ1v) is 6.97. The second-order valence-electron chi connectivity index (χ2n) is 5.54. The molecule has 2 saturated carbocycles. The minimum absolute atomic E-state index is 0. The third-order valence-corrected chi connectivity index (χ3v) is 3.86. The van der Waals surface area contributed by atoms with Gasteiger partial charge in [0.15, 0.2) is 0 Å². The van der Waals surface area contributed by atoms with Crippen molar-refractivity contribution in [3.63, 3.8) is 0 Å². The van der Waals surface area contributed by atoms with Crippen LogP contribution in [0.3, 0.4) is 0 Å². The van der Waals surface area contributed by atoms with E-state index in [-0.39, 0.29) is 30.1 Å².